The number of hydrogen-bond donors (Lipinski definition) is 1. The fourth-order valence-electron chi connectivity index (χ4n) is 2.56. The number of nitrogens with zero attached hydrogens (tertiary/aromatic N) is 2. The molecule has 0 atom stereocenters. The Bertz CT molecular complexity index is 698. The van der Waals surface area contributed by atoms with Gasteiger partial charge < -0.3 is 9.88 Å². The first kappa shape index (κ1) is 14.3. The van der Waals surface area contributed by atoms with E-state index in [1.54, 1.807) is 11.3 Å². The van der Waals surface area contributed by atoms with Crippen LogP contribution < -0.4 is 5.32 Å². The fraction of sp³-hybridized carbons (Fsp3) is 0.353. The van der Waals surface area contributed by atoms with Crippen LogP contribution in [0.1, 0.15) is 25.1 Å². The third-order valence-electron chi connectivity index (χ3n) is 3.59. The zero-order valence-corrected chi connectivity index (χ0v) is 13.4. The summed E-state index contributed by atoms with van der Waals surface area (Å²) >= 11 is 1.65. The molecule has 21 heavy (non-hydrogen) atoms. The molecule has 4 heteroatoms. The largest absolute Gasteiger partial charge is 0.341 e. The smallest absolute Gasteiger partial charge is 0.0795 e. The van der Waals surface area contributed by atoms with Crippen molar-refractivity contribution in [1.82, 2.24) is 14.9 Å². The first-order valence-electron chi connectivity index (χ1n) is 7.38. The molecule has 0 amide bonds. The lowest BCUT2D eigenvalue weighted by atomic mass is 10.1. The summed E-state index contributed by atoms with van der Waals surface area (Å²) in [4.78, 5) is 4.37. The van der Waals surface area contributed by atoms with Gasteiger partial charge in [-0.3, -0.25) is 0 Å². The summed E-state index contributed by atoms with van der Waals surface area (Å²) in [6, 6.07) is 8.76. The number of nitrogens with one attached hydrogen (secondary N) is 1. The van der Waals surface area contributed by atoms with Gasteiger partial charge in [0.15, 0.2) is 0 Å². The van der Waals surface area contributed by atoms with Gasteiger partial charge in [-0.1, -0.05) is 26.0 Å². The van der Waals surface area contributed by atoms with E-state index in [9.17, 15) is 0 Å². The normalized spacial score (nSPS) is 11.6. The van der Waals surface area contributed by atoms with Crippen molar-refractivity contribution in [2.24, 2.45) is 5.92 Å². The van der Waals surface area contributed by atoms with Crippen molar-refractivity contribution in [3.8, 4) is 0 Å². The third-order valence-corrected chi connectivity index (χ3v) is 4.22. The van der Waals surface area contributed by atoms with Gasteiger partial charge in [0.05, 0.1) is 17.7 Å². The predicted molar refractivity (Wildman–Crippen MR) is 89.7 cm³/mol. The highest BCUT2D eigenvalue weighted by atomic mass is 32.1. The molecule has 0 saturated heterocycles. The van der Waals surface area contributed by atoms with Gasteiger partial charge in [-0.05, 0) is 30.2 Å². The van der Waals surface area contributed by atoms with E-state index >= 15 is 0 Å². The number of benzene rings is 1. The SMILES string of the molecule is CC(C)CNCc1cccc2c1ccn2Cc1cscn1. The summed E-state index contributed by atoms with van der Waals surface area (Å²) < 4.78 is 2.27. The van der Waals surface area contributed by atoms with Crippen LogP contribution in [-0.4, -0.2) is 16.1 Å². The Labute approximate surface area is 129 Å². The average Bonchev–Trinajstić information content (AvgIpc) is 3.10. The number of thiazole rings is 1. The molecule has 0 aliphatic carbocycles. The molecule has 2 heterocycles. The van der Waals surface area contributed by atoms with Gasteiger partial charge in [0.2, 0.25) is 0 Å². The van der Waals surface area contributed by atoms with Crippen molar-refractivity contribution >= 4 is 22.2 Å². The van der Waals surface area contributed by atoms with E-state index in [2.05, 4.69) is 64.6 Å². The molecule has 0 unspecified atom stereocenters. The van der Waals surface area contributed by atoms with Crippen LogP contribution in [0.3, 0.4) is 0 Å². The zero-order valence-electron chi connectivity index (χ0n) is 12.5. The Morgan fingerprint density at radius 3 is 2.95 bits per heavy atom. The minimum absolute atomic E-state index is 0.679. The highest BCUT2D eigenvalue weighted by molar-refractivity contribution is 7.07. The predicted octanol–water partition coefficient (Wildman–Crippen LogP) is 3.89. The van der Waals surface area contributed by atoms with E-state index in [0.717, 1.165) is 25.3 Å². The van der Waals surface area contributed by atoms with E-state index in [1.165, 1.54) is 16.5 Å². The molecular weight excluding hydrogens is 278 g/mol. The van der Waals surface area contributed by atoms with Crippen LogP contribution in [0.2, 0.25) is 0 Å². The summed E-state index contributed by atoms with van der Waals surface area (Å²) in [5, 5.41) is 6.98. The number of hydrogen-bond acceptors (Lipinski definition) is 3. The molecule has 2 aromatic heterocycles. The van der Waals surface area contributed by atoms with Gasteiger partial charge >= 0.3 is 0 Å². The van der Waals surface area contributed by atoms with Crippen LogP contribution in [-0.2, 0) is 13.1 Å². The van der Waals surface area contributed by atoms with Crippen LogP contribution >= 0.6 is 11.3 Å². The minimum atomic E-state index is 0.679. The maximum Gasteiger partial charge on any atom is 0.0795 e. The Hall–Kier alpha value is -1.65. The van der Waals surface area contributed by atoms with E-state index in [0.29, 0.717) is 5.92 Å². The summed E-state index contributed by atoms with van der Waals surface area (Å²) in [6.45, 7) is 7.29. The van der Waals surface area contributed by atoms with Crippen LogP contribution in [0, 0.1) is 5.92 Å². The van der Waals surface area contributed by atoms with E-state index in [-0.39, 0.29) is 0 Å². The van der Waals surface area contributed by atoms with Crippen molar-refractivity contribution in [2.75, 3.05) is 6.54 Å². The van der Waals surface area contributed by atoms with Crippen LogP contribution in [0.5, 0.6) is 0 Å². The van der Waals surface area contributed by atoms with Crippen LogP contribution in [0.25, 0.3) is 10.9 Å². The molecule has 0 saturated carbocycles. The molecule has 0 bridgehead atoms. The van der Waals surface area contributed by atoms with Crippen molar-refractivity contribution in [3.05, 3.63) is 52.6 Å². The zero-order chi connectivity index (χ0) is 14.7. The first-order chi connectivity index (χ1) is 10.2. The van der Waals surface area contributed by atoms with Gasteiger partial charge in [0, 0.05) is 29.0 Å². The van der Waals surface area contributed by atoms with Crippen LogP contribution in [0.4, 0.5) is 0 Å². The topological polar surface area (TPSA) is 29.9 Å². The second kappa shape index (κ2) is 6.41. The minimum Gasteiger partial charge on any atom is -0.341 e. The molecule has 1 N–H and O–H groups in total. The highest BCUT2D eigenvalue weighted by Crippen LogP contribution is 2.21. The third kappa shape index (κ3) is 3.34. The summed E-state index contributed by atoms with van der Waals surface area (Å²) in [7, 11) is 0. The monoisotopic (exact) mass is 299 g/mol. The molecule has 0 aliphatic rings. The van der Waals surface area contributed by atoms with Gasteiger partial charge in [0.25, 0.3) is 0 Å². The van der Waals surface area contributed by atoms with Gasteiger partial charge in [-0.15, -0.1) is 11.3 Å². The molecule has 0 radical (unpaired) electrons. The quantitative estimate of drug-likeness (QED) is 0.748. The molecular formula is C17H21N3S. The highest BCUT2D eigenvalue weighted by Gasteiger charge is 2.07. The Kier molecular flexibility index (Phi) is 4.36. The van der Waals surface area contributed by atoms with E-state index in [4.69, 9.17) is 0 Å². The Morgan fingerprint density at radius 1 is 1.29 bits per heavy atom. The van der Waals surface area contributed by atoms with Crippen LogP contribution in [0.15, 0.2) is 41.4 Å². The maximum atomic E-state index is 4.37. The maximum absolute atomic E-state index is 4.37. The fourth-order valence-corrected chi connectivity index (χ4v) is 3.11. The second-order valence-corrected chi connectivity index (χ2v) is 6.52. The lowest BCUT2D eigenvalue weighted by Gasteiger charge is -2.09. The summed E-state index contributed by atoms with van der Waals surface area (Å²) in [5.41, 5.74) is 5.67. The van der Waals surface area contributed by atoms with E-state index < -0.39 is 0 Å². The van der Waals surface area contributed by atoms with Crippen molar-refractivity contribution < 1.29 is 0 Å². The number of rotatable bonds is 6. The average molecular weight is 299 g/mol. The number of fused-ring (bicyclic) bond motifs is 1. The molecule has 0 spiro atoms. The molecule has 110 valence electrons. The van der Waals surface area contributed by atoms with E-state index in [1.807, 2.05) is 5.51 Å². The van der Waals surface area contributed by atoms with Crippen molar-refractivity contribution in [2.45, 2.75) is 26.9 Å². The molecule has 0 aliphatic heterocycles. The lowest BCUT2D eigenvalue weighted by Crippen LogP contribution is -2.19. The second-order valence-electron chi connectivity index (χ2n) is 5.80. The molecule has 3 rings (SSSR count). The van der Waals surface area contributed by atoms with Gasteiger partial charge in [-0.25, -0.2) is 4.98 Å². The summed E-state index contributed by atoms with van der Waals surface area (Å²) in [6.07, 6.45) is 2.16. The van der Waals surface area contributed by atoms with Crippen molar-refractivity contribution in [3.63, 3.8) is 0 Å². The molecule has 1 aromatic carbocycles. The molecule has 3 nitrogen and oxygen atoms in total. The Morgan fingerprint density at radius 2 is 2.19 bits per heavy atom. The lowest BCUT2D eigenvalue weighted by molar-refractivity contribution is 0.553. The Balaban J connectivity index is 1.82. The van der Waals surface area contributed by atoms with Gasteiger partial charge in [0.1, 0.15) is 0 Å². The number of aromatic nitrogens is 2. The first-order valence-corrected chi connectivity index (χ1v) is 8.33. The van der Waals surface area contributed by atoms with Gasteiger partial charge in [-0.2, -0.15) is 0 Å². The molecule has 0 fully saturated rings. The summed E-state index contributed by atoms with van der Waals surface area (Å²) in [5.74, 6) is 0.679. The standard InChI is InChI=1S/C17H21N3S/c1-13(2)8-18-9-14-4-3-5-17-16(14)6-7-20(17)10-15-11-21-12-19-15/h3-7,11-13,18H,8-10H2,1-2H3. The van der Waals surface area contributed by atoms with Crippen molar-refractivity contribution in [1.29, 1.82) is 0 Å². The molecule has 3 aromatic rings.